The van der Waals surface area contributed by atoms with Crippen LogP contribution in [0, 0.1) is 13.8 Å². The zero-order valence-corrected chi connectivity index (χ0v) is 23.0. The molecule has 1 N–H and O–H groups in total. The van der Waals surface area contributed by atoms with E-state index in [0.717, 1.165) is 15.4 Å². The summed E-state index contributed by atoms with van der Waals surface area (Å²) in [5, 5.41) is 3.09. The number of benzene rings is 3. The van der Waals surface area contributed by atoms with Crippen molar-refractivity contribution in [3.8, 4) is 0 Å². The molecule has 3 aromatic rings. The summed E-state index contributed by atoms with van der Waals surface area (Å²) in [6.07, 6.45) is 0. The van der Waals surface area contributed by atoms with E-state index in [1.54, 1.807) is 51.1 Å². The van der Waals surface area contributed by atoms with Crippen LogP contribution >= 0.6 is 11.6 Å². The molecule has 1 unspecified atom stereocenters. The first-order valence-corrected chi connectivity index (χ1v) is 13.8. The number of carbonyl (C=O) groups excluding carboxylic acids is 2. The van der Waals surface area contributed by atoms with E-state index in [4.69, 9.17) is 11.6 Å². The Kier molecular flexibility index (Phi) is 9.34. The van der Waals surface area contributed by atoms with Crippen molar-refractivity contribution in [2.24, 2.45) is 0 Å². The highest BCUT2D eigenvalue weighted by molar-refractivity contribution is 7.92. The molecule has 196 valence electrons. The molecule has 7 nitrogen and oxygen atoms in total. The summed E-state index contributed by atoms with van der Waals surface area (Å²) >= 11 is 6.23. The molecule has 0 aliphatic rings. The van der Waals surface area contributed by atoms with Crippen LogP contribution in [0.1, 0.15) is 30.5 Å². The molecule has 0 heterocycles. The van der Waals surface area contributed by atoms with Crippen molar-refractivity contribution >= 4 is 39.1 Å². The second-order valence-electron chi connectivity index (χ2n) is 8.83. The summed E-state index contributed by atoms with van der Waals surface area (Å²) in [4.78, 5) is 28.0. The molecule has 3 rings (SSSR count). The molecule has 37 heavy (non-hydrogen) atoms. The Morgan fingerprint density at radius 1 is 0.973 bits per heavy atom. The van der Waals surface area contributed by atoms with Crippen LogP contribution in [0.5, 0.6) is 0 Å². The minimum atomic E-state index is -4.13. The first kappa shape index (κ1) is 28.2. The third-order valence-corrected chi connectivity index (χ3v) is 8.05. The number of likely N-dealkylation sites (N-methyl/N-ethyl adjacent to an activating group) is 1. The SMILES string of the molecule is CCNC(=O)C(C)N(Cc1ccc(C)cc1)C(=O)CN(c1cc(Cl)ccc1C)S(=O)(=O)c1ccccc1. The molecule has 0 saturated carbocycles. The van der Waals surface area contributed by atoms with Crippen molar-refractivity contribution in [1.29, 1.82) is 0 Å². The maximum atomic E-state index is 13.8. The van der Waals surface area contributed by atoms with Crippen molar-refractivity contribution in [2.45, 2.75) is 45.2 Å². The van der Waals surface area contributed by atoms with E-state index in [-0.39, 0.29) is 17.3 Å². The number of nitrogens with zero attached hydrogens (tertiary/aromatic N) is 2. The Morgan fingerprint density at radius 3 is 2.24 bits per heavy atom. The number of nitrogens with one attached hydrogen (secondary N) is 1. The van der Waals surface area contributed by atoms with Gasteiger partial charge in [0.15, 0.2) is 0 Å². The molecule has 0 aromatic heterocycles. The molecular weight excluding hydrogens is 510 g/mol. The molecule has 0 fully saturated rings. The highest BCUT2D eigenvalue weighted by Gasteiger charge is 2.33. The van der Waals surface area contributed by atoms with E-state index in [1.807, 2.05) is 31.2 Å². The standard InChI is InChI=1S/C28H32ClN3O4S/c1-5-30-28(34)22(4)31(18-23-14-11-20(2)12-15-23)27(33)19-32(26-17-24(29)16-13-21(26)3)37(35,36)25-9-7-6-8-10-25/h6-17,22H,5,18-19H2,1-4H3,(H,30,34). The number of halogens is 1. The first-order valence-electron chi connectivity index (χ1n) is 12.0. The predicted octanol–water partition coefficient (Wildman–Crippen LogP) is 4.71. The minimum Gasteiger partial charge on any atom is -0.355 e. The summed E-state index contributed by atoms with van der Waals surface area (Å²) in [5.41, 5.74) is 2.82. The number of anilines is 1. The van der Waals surface area contributed by atoms with Crippen LogP contribution in [0.4, 0.5) is 5.69 Å². The molecule has 0 aliphatic carbocycles. The maximum absolute atomic E-state index is 13.8. The van der Waals surface area contributed by atoms with Crippen LogP contribution in [0.2, 0.25) is 5.02 Å². The third-order valence-electron chi connectivity index (χ3n) is 6.04. The summed E-state index contributed by atoms with van der Waals surface area (Å²) in [7, 11) is -4.13. The van der Waals surface area contributed by atoms with Gasteiger partial charge in [-0.15, -0.1) is 0 Å². The van der Waals surface area contributed by atoms with Crippen LogP contribution in [0.15, 0.2) is 77.7 Å². The van der Waals surface area contributed by atoms with E-state index < -0.39 is 28.5 Å². The van der Waals surface area contributed by atoms with Crippen molar-refractivity contribution in [2.75, 3.05) is 17.4 Å². The van der Waals surface area contributed by atoms with Gasteiger partial charge in [0.2, 0.25) is 11.8 Å². The summed E-state index contributed by atoms with van der Waals surface area (Å²) < 4.78 is 28.6. The molecule has 0 saturated heterocycles. The van der Waals surface area contributed by atoms with Gasteiger partial charge in [-0.1, -0.05) is 65.7 Å². The number of aryl methyl sites for hydroxylation is 2. The Morgan fingerprint density at radius 2 is 1.62 bits per heavy atom. The number of hydrogen-bond donors (Lipinski definition) is 1. The normalized spacial score (nSPS) is 12.0. The van der Waals surface area contributed by atoms with Gasteiger partial charge >= 0.3 is 0 Å². The molecular formula is C28H32ClN3O4S. The molecule has 0 spiro atoms. The Bertz CT molecular complexity index is 1350. The van der Waals surface area contributed by atoms with Crippen LogP contribution in [-0.2, 0) is 26.2 Å². The Labute approximate surface area is 224 Å². The van der Waals surface area contributed by atoms with Gasteiger partial charge in [0, 0.05) is 18.1 Å². The van der Waals surface area contributed by atoms with Gasteiger partial charge in [0.25, 0.3) is 10.0 Å². The lowest BCUT2D eigenvalue weighted by Gasteiger charge is -2.32. The van der Waals surface area contributed by atoms with Crippen molar-refractivity contribution in [3.63, 3.8) is 0 Å². The van der Waals surface area contributed by atoms with Gasteiger partial charge in [-0.05, 0) is 63.1 Å². The lowest BCUT2D eigenvalue weighted by molar-refractivity contribution is -0.139. The van der Waals surface area contributed by atoms with E-state index in [0.29, 0.717) is 22.8 Å². The van der Waals surface area contributed by atoms with Gasteiger partial charge in [0.1, 0.15) is 12.6 Å². The quantitative estimate of drug-likeness (QED) is 0.403. The molecule has 0 bridgehead atoms. The molecule has 9 heteroatoms. The monoisotopic (exact) mass is 541 g/mol. The molecule has 3 aromatic carbocycles. The summed E-state index contributed by atoms with van der Waals surface area (Å²) in [5.74, 6) is -0.836. The van der Waals surface area contributed by atoms with Crippen LogP contribution in [0.25, 0.3) is 0 Å². The van der Waals surface area contributed by atoms with Crippen molar-refractivity contribution < 1.29 is 18.0 Å². The molecule has 0 radical (unpaired) electrons. The van der Waals surface area contributed by atoms with Gasteiger partial charge < -0.3 is 10.2 Å². The third kappa shape index (κ3) is 6.90. The Balaban J connectivity index is 2.05. The van der Waals surface area contributed by atoms with Gasteiger partial charge in [0.05, 0.1) is 10.6 Å². The van der Waals surface area contributed by atoms with Gasteiger partial charge in [-0.25, -0.2) is 8.42 Å². The van der Waals surface area contributed by atoms with E-state index >= 15 is 0 Å². The predicted molar refractivity (Wildman–Crippen MR) is 147 cm³/mol. The average molecular weight is 542 g/mol. The highest BCUT2D eigenvalue weighted by Crippen LogP contribution is 2.30. The average Bonchev–Trinajstić information content (AvgIpc) is 2.88. The fraction of sp³-hybridized carbons (Fsp3) is 0.286. The lowest BCUT2D eigenvalue weighted by Crippen LogP contribution is -2.51. The summed E-state index contributed by atoms with van der Waals surface area (Å²) in [6, 6.07) is 19.6. The van der Waals surface area contributed by atoms with Crippen molar-refractivity contribution in [1.82, 2.24) is 10.2 Å². The number of hydrogen-bond acceptors (Lipinski definition) is 4. The summed E-state index contributed by atoms with van der Waals surface area (Å²) in [6.45, 7) is 7.20. The first-order chi connectivity index (χ1) is 17.5. The fourth-order valence-corrected chi connectivity index (χ4v) is 5.54. The van der Waals surface area contributed by atoms with Crippen molar-refractivity contribution in [3.05, 3.63) is 94.5 Å². The van der Waals surface area contributed by atoms with Crippen LogP contribution < -0.4 is 9.62 Å². The number of amides is 2. The Hall–Kier alpha value is -3.36. The number of rotatable bonds is 10. The van der Waals surface area contributed by atoms with Crippen LogP contribution in [-0.4, -0.2) is 44.3 Å². The lowest BCUT2D eigenvalue weighted by atomic mass is 10.1. The highest BCUT2D eigenvalue weighted by atomic mass is 35.5. The topological polar surface area (TPSA) is 86.8 Å². The molecule has 0 aliphatic heterocycles. The zero-order valence-electron chi connectivity index (χ0n) is 21.4. The van der Waals surface area contributed by atoms with E-state index in [9.17, 15) is 18.0 Å². The van der Waals surface area contributed by atoms with Crippen LogP contribution in [0.3, 0.4) is 0 Å². The van der Waals surface area contributed by atoms with Gasteiger partial charge in [-0.3, -0.25) is 13.9 Å². The fourth-order valence-electron chi connectivity index (χ4n) is 3.88. The molecule has 1 atom stereocenters. The second kappa shape index (κ2) is 12.3. The maximum Gasteiger partial charge on any atom is 0.264 e. The van der Waals surface area contributed by atoms with Gasteiger partial charge in [-0.2, -0.15) is 0 Å². The minimum absolute atomic E-state index is 0.0454. The second-order valence-corrected chi connectivity index (χ2v) is 11.1. The smallest absolute Gasteiger partial charge is 0.264 e. The zero-order chi connectivity index (χ0) is 27.2. The largest absolute Gasteiger partial charge is 0.355 e. The van der Waals surface area contributed by atoms with E-state index in [1.165, 1.54) is 23.1 Å². The number of sulfonamides is 1. The number of carbonyl (C=O) groups is 2. The molecule has 2 amide bonds. The van der Waals surface area contributed by atoms with E-state index in [2.05, 4.69) is 5.32 Å².